The van der Waals surface area contributed by atoms with E-state index in [1.54, 1.807) is 42.5 Å². The fourth-order valence-electron chi connectivity index (χ4n) is 2.30. The van der Waals surface area contributed by atoms with E-state index in [4.69, 9.17) is 30.3 Å². The van der Waals surface area contributed by atoms with Crippen LogP contribution in [0, 0.1) is 0 Å². The second-order valence-electron chi connectivity index (χ2n) is 5.14. The Labute approximate surface area is 147 Å². The lowest BCUT2D eigenvalue weighted by molar-refractivity contribution is 0.0884. The molecule has 0 spiro atoms. The molecule has 2 heterocycles. The number of hydrogen-bond acceptors (Lipinski definition) is 7. The fraction of sp³-hybridized carbons (Fsp3) is 0.118. The molecule has 1 aliphatic rings. The van der Waals surface area contributed by atoms with Crippen LogP contribution in [-0.2, 0) is 0 Å². The molecule has 0 aliphatic carbocycles. The Kier molecular flexibility index (Phi) is 3.99. The van der Waals surface area contributed by atoms with Crippen LogP contribution in [0.25, 0.3) is 11.4 Å². The summed E-state index contributed by atoms with van der Waals surface area (Å²) >= 11 is 6.08. The van der Waals surface area contributed by atoms with Crippen LogP contribution >= 0.6 is 11.6 Å². The van der Waals surface area contributed by atoms with E-state index in [0.29, 0.717) is 27.6 Å². The van der Waals surface area contributed by atoms with Crippen molar-refractivity contribution in [2.45, 2.75) is 0 Å². The third-order valence-electron chi connectivity index (χ3n) is 3.54. The monoisotopic (exact) mass is 358 g/mol. The molecule has 126 valence electrons. The first kappa shape index (κ1) is 15.5. The van der Waals surface area contributed by atoms with Crippen molar-refractivity contribution >= 4 is 17.4 Å². The van der Waals surface area contributed by atoms with E-state index < -0.39 is 0 Å². The highest BCUT2D eigenvalue weighted by Gasteiger charge is 2.18. The highest BCUT2D eigenvalue weighted by Crippen LogP contribution is 2.32. The number of benzene rings is 2. The van der Waals surface area contributed by atoms with Gasteiger partial charge in [-0.25, -0.2) is 0 Å². The molecule has 0 atom stereocenters. The standard InChI is InChI=1S/C17H11ClN2O5/c18-12-4-2-1-3-11(12)16-19-17(25-20-16)22-8-13(21)10-5-6-14-15(7-10)24-9-23-14/h1-7H,8-9H2. The first-order chi connectivity index (χ1) is 12.2. The Balaban J connectivity index is 1.43. The Bertz CT molecular complexity index is 940. The Morgan fingerprint density at radius 2 is 2.00 bits per heavy atom. The summed E-state index contributed by atoms with van der Waals surface area (Å²) in [5, 5.41) is 4.29. The number of rotatable bonds is 5. The number of nitrogens with zero attached hydrogens (tertiary/aromatic N) is 2. The van der Waals surface area contributed by atoms with Gasteiger partial charge in [0.1, 0.15) is 0 Å². The quantitative estimate of drug-likeness (QED) is 0.646. The maximum atomic E-state index is 12.2. The second kappa shape index (κ2) is 6.45. The summed E-state index contributed by atoms with van der Waals surface area (Å²) < 4.78 is 20.7. The summed E-state index contributed by atoms with van der Waals surface area (Å²) in [6.07, 6.45) is -0.107. The topological polar surface area (TPSA) is 83.7 Å². The van der Waals surface area contributed by atoms with E-state index >= 15 is 0 Å². The Hall–Kier alpha value is -3.06. The maximum Gasteiger partial charge on any atom is 0.418 e. The highest BCUT2D eigenvalue weighted by molar-refractivity contribution is 6.33. The van der Waals surface area contributed by atoms with Gasteiger partial charge in [-0.1, -0.05) is 28.9 Å². The average molecular weight is 359 g/mol. The minimum Gasteiger partial charge on any atom is -0.454 e. The third kappa shape index (κ3) is 3.14. The minimum atomic E-state index is -0.254. The summed E-state index contributed by atoms with van der Waals surface area (Å²) in [5.74, 6) is 1.18. The predicted octanol–water partition coefficient (Wildman–Crippen LogP) is 3.38. The first-order valence-electron chi connectivity index (χ1n) is 7.35. The molecule has 1 aromatic heterocycles. The van der Waals surface area contributed by atoms with Gasteiger partial charge < -0.3 is 14.2 Å². The number of carbonyl (C=O) groups is 1. The lowest BCUT2D eigenvalue weighted by Crippen LogP contribution is -2.11. The van der Waals surface area contributed by atoms with E-state index in [2.05, 4.69) is 10.1 Å². The number of fused-ring (bicyclic) bond motifs is 1. The van der Waals surface area contributed by atoms with Crippen molar-refractivity contribution in [1.29, 1.82) is 0 Å². The smallest absolute Gasteiger partial charge is 0.418 e. The molecule has 25 heavy (non-hydrogen) atoms. The predicted molar refractivity (Wildman–Crippen MR) is 87.1 cm³/mol. The second-order valence-corrected chi connectivity index (χ2v) is 5.55. The molecule has 4 rings (SSSR count). The Morgan fingerprint density at radius 1 is 1.16 bits per heavy atom. The molecular formula is C17H11ClN2O5. The normalized spacial score (nSPS) is 12.2. The summed E-state index contributed by atoms with van der Waals surface area (Å²) in [6.45, 7) is -0.0971. The molecule has 0 fully saturated rings. The molecule has 2 aromatic carbocycles. The number of halogens is 1. The van der Waals surface area contributed by atoms with Gasteiger partial charge in [-0.3, -0.25) is 9.32 Å². The van der Waals surface area contributed by atoms with Crippen LogP contribution in [0.5, 0.6) is 17.6 Å². The lowest BCUT2D eigenvalue weighted by Gasteiger charge is -2.02. The zero-order valence-corrected chi connectivity index (χ0v) is 13.5. The van der Waals surface area contributed by atoms with Crippen LogP contribution in [0.2, 0.25) is 5.02 Å². The van der Waals surface area contributed by atoms with Gasteiger partial charge in [0, 0.05) is 11.1 Å². The van der Waals surface area contributed by atoms with Gasteiger partial charge in [-0.2, -0.15) is 4.98 Å². The van der Waals surface area contributed by atoms with Gasteiger partial charge in [-0.15, -0.1) is 0 Å². The molecule has 3 aromatic rings. The van der Waals surface area contributed by atoms with Crippen molar-refractivity contribution in [3.8, 4) is 29.0 Å². The zero-order chi connectivity index (χ0) is 17.2. The number of carbonyl (C=O) groups excluding carboxylic acids is 1. The summed E-state index contributed by atoms with van der Waals surface area (Å²) in [7, 11) is 0. The molecule has 0 N–H and O–H groups in total. The molecule has 0 bridgehead atoms. The van der Waals surface area contributed by atoms with Gasteiger partial charge in [0.15, 0.2) is 18.1 Å². The summed E-state index contributed by atoms with van der Waals surface area (Å²) in [5.41, 5.74) is 1.06. The van der Waals surface area contributed by atoms with Crippen molar-refractivity contribution < 1.29 is 23.5 Å². The molecule has 0 radical (unpaired) electrons. The van der Waals surface area contributed by atoms with E-state index in [1.807, 2.05) is 0 Å². The van der Waals surface area contributed by atoms with Gasteiger partial charge in [0.05, 0.1) is 5.02 Å². The van der Waals surface area contributed by atoms with Gasteiger partial charge >= 0.3 is 6.08 Å². The summed E-state index contributed by atoms with van der Waals surface area (Å²) in [6, 6.07) is 12.0. The minimum absolute atomic E-state index is 0.107. The van der Waals surface area contributed by atoms with Crippen LogP contribution in [0.15, 0.2) is 47.0 Å². The van der Waals surface area contributed by atoms with Crippen molar-refractivity contribution in [1.82, 2.24) is 10.1 Å². The number of aromatic nitrogens is 2. The van der Waals surface area contributed by atoms with Gasteiger partial charge in [-0.05, 0) is 30.3 Å². The lowest BCUT2D eigenvalue weighted by atomic mass is 10.1. The maximum absolute atomic E-state index is 12.2. The zero-order valence-electron chi connectivity index (χ0n) is 12.8. The van der Waals surface area contributed by atoms with Gasteiger partial charge in [0.2, 0.25) is 18.4 Å². The first-order valence-corrected chi connectivity index (χ1v) is 7.73. The van der Waals surface area contributed by atoms with Crippen molar-refractivity contribution in [3.63, 3.8) is 0 Å². The third-order valence-corrected chi connectivity index (χ3v) is 3.87. The molecule has 0 unspecified atom stereocenters. The van der Waals surface area contributed by atoms with E-state index in [1.165, 1.54) is 0 Å². The van der Waals surface area contributed by atoms with Crippen molar-refractivity contribution in [3.05, 3.63) is 53.1 Å². The van der Waals surface area contributed by atoms with Crippen LogP contribution < -0.4 is 14.2 Å². The van der Waals surface area contributed by atoms with Crippen LogP contribution in [0.1, 0.15) is 10.4 Å². The molecular weight excluding hydrogens is 348 g/mol. The average Bonchev–Trinajstić information content (AvgIpc) is 3.28. The van der Waals surface area contributed by atoms with Gasteiger partial charge in [0.25, 0.3) is 0 Å². The van der Waals surface area contributed by atoms with Crippen LogP contribution in [-0.4, -0.2) is 29.3 Å². The molecule has 7 nitrogen and oxygen atoms in total. The highest BCUT2D eigenvalue weighted by atomic mass is 35.5. The van der Waals surface area contributed by atoms with Crippen LogP contribution in [0.4, 0.5) is 0 Å². The van der Waals surface area contributed by atoms with E-state index in [0.717, 1.165) is 0 Å². The number of Topliss-reactive ketones (excluding diaryl/α,β-unsaturated/α-hetero) is 1. The fourth-order valence-corrected chi connectivity index (χ4v) is 2.52. The molecule has 0 amide bonds. The van der Waals surface area contributed by atoms with E-state index in [-0.39, 0.29) is 31.1 Å². The molecule has 0 saturated heterocycles. The Morgan fingerprint density at radius 3 is 2.88 bits per heavy atom. The SMILES string of the molecule is O=C(COc1nc(-c2ccccc2Cl)no1)c1ccc2c(c1)OCO2. The molecule has 0 saturated carbocycles. The number of hydrogen-bond donors (Lipinski definition) is 0. The summed E-state index contributed by atoms with van der Waals surface area (Å²) in [4.78, 5) is 16.3. The molecule has 1 aliphatic heterocycles. The van der Waals surface area contributed by atoms with Crippen molar-refractivity contribution in [2.75, 3.05) is 13.4 Å². The molecule has 8 heteroatoms. The van der Waals surface area contributed by atoms with Crippen molar-refractivity contribution in [2.24, 2.45) is 0 Å². The van der Waals surface area contributed by atoms with Crippen LogP contribution in [0.3, 0.4) is 0 Å². The van der Waals surface area contributed by atoms with E-state index in [9.17, 15) is 4.79 Å². The number of ketones is 1. The largest absolute Gasteiger partial charge is 0.454 e. The number of ether oxygens (including phenoxy) is 3.